The Morgan fingerprint density at radius 1 is 1.00 bits per heavy atom. The van der Waals surface area contributed by atoms with Gasteiger partial charge in [0.25, 0.3) is 11.5 Å². The zero-order valence-electron chi connectivity index (χ0n) is 23.1. The Balaban J connectivity index is 1.79. The van der Waals surface area contributed by atoms with Crippen LogP contribution in [0.5, 0.6) is 5.75 Å². The summed E-state index contributed by atoms with van der Waals surface area (Å²) >= 11 is 5.99. The number of fused-ring (bicyclic) bond motifs is 1. The molecule has 39 heavy (non-hydrogen) atoms. The van der Waals surface area contributed by atoms with Gasteiger partial charge < -0.3 is 9.64 Å². The highest BCUT2D eigenvalue weighted by Gasteiger charge is 2.29. The van der Waals surface area contributed by atoms with Gasteiger partial charge in [-0.15, -0.1) is 0 Å². The highest BCUT2D eigenvalue weighted by Crippen LogP contribution is 2.27. The molecule has 1 amide bonds. The summed E-state index contributed by atoms with van der Waals surface area (Å²) in [5.41, 5.74) is 2.39. The van der Waals surface area contributed by atoms with E-state index in [-0.39, 0.29) is 18.1 Å². The number of hydrogen-bond donors (Lipinski definition) is 0. The quantitative estimate of drug-likeness (QED) is 0.203. The largest absolute Gasteiger partial charge is 0.484 e. The molecule has 1 aromatic heterocycles. The zero-order valence-corrected chi connectivity index (χ0v) is 23.8. The first-order valence-electron chi connectivity index (χ1n) is 13.6. The van der Waals surface area contributed by atoms with Gasteiger partial charge in [-0.2, -0.15) is 0 Å². The Kier molecular flexibility index (Phi) is 9.41. The lowest BCUT2D eigenvalue weighted by molar-refractivity contribution is -0.136. The molecule has 7 heteroatoms. The molecule has 4 aromatic rings. The monoisotopic (exact) mass is 545 g/mol. The van der Waals surface area contributed by atoms with Gasteiger partial charge in [-0.25, -0.2) is 4.98 Å². The molecule has 0 N–H and O–H groups in total. The number of halogens is 1. The molecule has 0 aliphatic heterocycles. The minimum atomic E-state index is -0.423. The van der Waals surface area contributed by atoms with Crippen molar-refractivity contribution in [3.63, 3.8) is 0 Å². The van der Waals surface area contributed by atoms with Crippen molar-refractivity contribution in [2.24, 2.45) is 5.92 Å². The van der Waals surface area contributed by atoms with Crippen LogP contribution in [-0.4, -0.2) is 33.5 Å². The van der Waals surface area contributed by atoms with Crippen LogP contribution < -0.4 is 10.3 Å². The van der Waals surface area contributed by atoms with E-state index < -0.39 is 6.04 Å². The summed E-state index contributed by atoms with van der Waals surface area (Å²) in [5, 5.41) is 1.15. The molecule has 4 rings (SSSR count). The number of benzene rings is 3. The first kappa shape index (κ1) is 28.4. The fraction of sp³-hybridized carbons (Fsp3) is 0.344. The summed E-state index contributed by atoms with van der Waals surface area (Å²) in [4.78, 5) is 34.4. The molecule has 0 fully saturated rings. The maximum absolute atomic E-state index is 13.9. The third kappa shape index (κ3) is 6.69. The molecule has 3 aromatic carbocycles. The molecule has 1 unspecified atom stereocenters. The Hall–Kier alpha value is -3.64. The minimum Gasteiger partial charge on any atom is -0.484 e. The highest BCUT2D eigenvalue weighted by atomic mass is 35.5. The Morgan fingerprint density at radius 3 is 2.33 bits per heavy atom. The van der Waals surface area contributed by atoms with E-state index >= 15 is 0 Å². The summed E-state index contributed by atoms with van der Waals surface area (Å²) in [6.07, 6.45) is 2.30. The van der Waals surface area contributed by atoms with Crippen molar-refractivity contribution >= 4 is 28.4 Å². The predicted molar refractivity (Wildman–Crippen MR) is 158 cm³/mol. The molecule has 1 heterocycles. The van der Waals surface area contributed by atoms with Gasteiger partial charge in [0, 0.05) is 11.6 Å². The fourth-order valence-electron chi connectivity index (χ4n) is 4.66. The molecule has 0 spiro atoms. The van der Waals surface area contributed by atoms with E-state index in [2.05, 4.69) is 20.8 Å². The Bertz CT molecular complexity index is 1460. The van der Waals surface area contributed by atoms with Gasteiger partial charge in [0.2, 0.25) is 0 Å². The van der Waals surface area contributed by atoms with Crippen molar-refractivity contribution in [3.05, 3.63) is 99.6 Å². The number of hydrogen-bond acceptors (Lipinski definition) is 4. The SMILES string of the molecule is CCc1ccc(-n2c(C(CC)N(CCC(C)C)C(=O)COc3ccc(Cl)cc3)nc3ccccc3c2=O)cc1. The van der Waals surface area contributed by atoms with Crippen LogP contribution in [0.15, 0.2) is 77.6 Å². The Morgan fingerprint density at radius 2 is 1.69 bits per heavy atom. The molecule has 204 valence electrons. The summed E-state index contributed by atoms with van der Waals surface area (Å²) in [6.45, 7) is 8.78. The van der Waals surface area contributed by atoms with E-state index in [1.54, 1.807) is 34.9 Å². The number of aromatic nitrogens is 2. The molecular weight excluding hydrogens is 510 g/mol. The maximum Gasteiger partial charge on any atom is 0.266 e. The maximum atomic E-state index is 13.9. The summed E-state index contributed by atoms with van der Waals surface area (Å²) < 4.78 is 7.51. The molecule has 6 nitrogen and oxygen atoms in total. The smallest absolute Gasteiger partial charge is 0.266 e. The highest BCUT2D eigenvalue weighted by molar-refractivity contribution is 6.30. The molecule has 0 aliphatic rings. The van der Waals surface area contributed by atoms with Crippen molar-refractivity contribution in [2.45, 2.75) is 53.0 Å². The number of para-hydroxylation sites is 1. The second-order valence-corrected chi connectivity index (χ2v) is 10.5. The fourth-order valence-corrected chi connectivity index (χ4v) is 4.78. The number of carbonyl (C=O) groups is 1. The van der Waals surface area contributed by atoms with Crippen LogP contribution in [0, 0.1) is 5.92 Å². The molecule has 0 radical (unpaired) electrons. The van der Waals surface area contributed by atoms with Crippen LogP contribution in [0.3, 0.4) is 0 Å². The van der Waals surface area contributed by atoms with Crippen LogP contribution in [0.1, 0.15) is 58.0 Å². The molecule has 0 bridgehead atoms. The second kappa shape index (κ2) is 12.9. The summed E-state index contributed by atoms with van der Waals surface area (Å²) in [7, 11) is 0. The van der Waals surface area contributed by atoms with E-state index in [0.29, 0.717) is 46.4 Å². The number of rotatable bonds is 11. The van der Waals surface area contributed by atoms with Gasteiger partial charge in [0.15, 0.2) is 6.61 Å². The first-order chi connectivity index (χ1) is 18.8. The third-order valence-electron chi connectivity index (χ3n) is 6.91. The standard InChI is InChI=1S/C32H36ClN3O3/c1-5-23-11-15-25(16-12-23)36-31(34-28-10-8-7-9-27(28)32(36)38)29(6-2)35(20-19-22(3)4)30(37)21-39-26-17-13-24(33)14-18-26/h7-18,22,29H,5-6,19-21H2,1-4H3. The first-order valence-corrected chi connectivity index (χ1v) is 14.0. The average Bonchev–Trinajstić information content (AvgIpc) is 2.95. The van der Waals surface area contributed by atoms with Crippen LogP contribution in [0.25, 0.3) is 16.6 Å². The van der Waals surface area contributed by atoms with Crippen molar-refractivity contribution < 1.29 is 9.53 Å². The lowest BCUT2D eigenvalue weighted by Crippen LogP contribution is -2.41. The van der Waals surface area contributed by atoms with E-state index in [9.17, 15) is 9.59 Å². The molecule has 0 aliphatic carbocycles. The molecular formula is C32H36ClN3O3. The van der Waals surface area contributed by atoms with Crippen LogP contribution >= 0.6 is 11.6 Å². The number of aryl methyl sites for hydroxylation is 1. The lowest BCUT2D eigenvalue weighted by Gasteiger charge is -2.33. The van der Waals surface area contributed by atoms with Crippen molar-refractivity contribution in [1.29, 1.82) is 0 Å². The van der Waals surface area contributed by atoms with E-state index in [4.69, 9.17) is 21.3 Å². The molecule has 0 saturated heterocycles. The lowest BCUT2D eigenvalue weighted by atomic mass is 10.1. The van der Waals surface area contributed by atoms with Crippen LogP contribution in [0.2, 0.25) is 5.02 Å². The van der Waals surface area contributed by atoms with Gasteiger partial charge in [0.1, 0.15) is 11.6 Å². The number of carbonyl (C=O) groups excluding carboxylic acids is 1. The normalized spacial score (nSPS) is 12.1. The number of ether oxygens (including phenoxy) is 1. The zero-order chi connectivity index (χ0) is 27.9. The minimum absolute atomic E-state index is 0.126. The Labute approximate surface area is 235 Å². The topological polar surface area (TPSA) is 64.4 Å². The molecule has 0 saturated carbocycles. The van der Waals surface area contributed by atoms with E-state index in [1.165, 1.54) is 5.56 Å². The van der Waals surface area contributed by atoms with Gasteiger partial charge in [-0.3, -0.25) is 14.2 Å². The van der Waals surface area contributed by atoms with Gasteiger partial charge in [0.05, 0.1) is 22.6 Å². The summed E-state index contributed by atoms with van der Waals surface area (Å²) in [5.74, 6) is 1.35. The van der Waals surface area contributed by atoms with Crippen LogP contribution in [-0.2, 0) is 11.2 Å². The molecule has 1 atom stereocenters. The van der Waals surface area contributed by atoms with E-state index in [1.807, 2.05) is 54.3 Å². The third-order valence-corrected chi connectivity index (χ3v) is 7.16. The van der Waals surface area contributed by atoms with Gasteiger partial charge in [-0.1, -0.05) is 63.6 Å². The van der Waals surface area contributed by atoms with Gasteiger partial charge >= 0.3 is 0 Å². The number of nitrogens with zero attached hydrogens (tertiary/aromatic N) is 3. The number of amides is 1. The van der Waals surface area contributed by atoms with Gasteiger partial charge in [-0.05, 0) is 79.3 Å². The average molecular weight is 546 g/mol. The predicted octanol–water partition coefficient (Wildman–Crippen LogP) is 7.01. The second-order valence-electron chi connectivity index (χ2n) is 10.1. The van der Waals surface area contributed by atoms with Crippen molar-refractivity contribution in [1.82, 2.24) is 14.5 Å². The summed E-state index contributed by atoms with van der Waals surface area (Å²) in [6, 6.07) is 21.9. The van der Waals surface area contributed by atoms with Crippen LogP contribution in [0.4, 0.5) is 0 Å². The van der Waals surface area contributed by atoms with E-state index in [0.717, 1.165) is 18.5 Å². The van der Waals surface area contributed by atoms with Crippen molar-refractivity contribution in [2.75, 3.05) is 13.2 Å². The van der Waals surface area contributed by atoms with Crippen molar-refractivity contribution in [3.8, 4) is 11.4 Å².